The Labute approximate surface area is 101 Å². The summed E-state index contributed by atoms with van der Waals surface area (Å²) >= 11 is 0. The second-order valence-electron chi connectivity index (χ2n) is 4.85. The molecule has 0 aromatic heterocycles. The lowest BCUT2D eigenvalue weighted by Gasteiger charge is -2.29. The summed E-state index contributed by atoms with van der Waals surface area (Å²) in [5.74, 6) is 1.43. The van der Waals surface area contributed by atoms with Crippen molar-refractivity contribution in [3.63, 3.8) is 0 Å². The number of benzene rings is 1. The van der Waals surface area contributed by atoms with Gasteiger partial charge in [-0.3, -0.25) is 0 Å². The van der Waals surface area contributed by atoms with E-state index in [-0.39, 0.29) is 0 Å². The number of nitrogens with zero attached hydrogens (tertiary/aromatic N) is 1. The Morgan fingerprint density at radius 2 is 1.94 bits per heavy atom. The van der Waals surface area contributed by atoms with Gasteiger partial charge in [0, 0.05) is 26.3 Å². The van der Waals surface area contributed by atoms with Gasteiger partial charge in [-0.2, -0.15) is 0 Å². The molecule has 0 N–H and O–H groups in total. The van der Waals surface area contributed by atoms with Gasteiger partial charge in [0.15, 0.2) is 11.8 Å². The lowest BCUT2D eigenvalue weighted by atomic mass is 9.89. The third-order valence-electron chi connectivity index (χ3n) is 3.12. The molecule has 0 radical (unpaired) electrons. The van der Waals surface area contributed by atoms with E-state index in [1.54, 1.807) is 26.5 Å². The smallest absolute Gasteiger partial charge is 0.186 e. The van der Waals surface area contributed by atoms with E-state index in [1.807, 2.05) is 19.9 Å². The molecule has 0 bridgehead atoms. The second kappa shape index (κ2) is 3.95. The Hall–Kier alpha value is -1.71. The van der Waals surface area contributed by atoms with E-state index in [2.05, 4.69) is 0 Å². The maximum absolute atomic E-state index is 11.9. The summed E-state index contributed by atoms with van der Waals surface area (Å²) in [6.45, 7) is 3.84. The third-order valence-corrected chi connectivity index (χ3v) is 3.12. The van der Waals surface area contributed by atoms with E-state index < -0.39 is 5.54 Å². The van der Waals surface area contributed by atoms with Crippen LogP contribution in [0.5, 0.6) is 11.5 Å². The first-order chi connectivity index (χ1) is 7.97. The maximum Gasteiger partial charge on any atom is 0.186 e. The molecule has 2 rings (SSSR count). The fourth-order valence-electron chi connectivity index (χ4n) is 2.07. The third kappa shape index (κ3) is 1.95. The molecular formula is C13H17NO3. The molecule has 1 heterocycles. The quantitative estimate of drug-likeness (QED) is 0.581. The maximum atomic E-state index is 11.9. The van der Waals surface area contributed by atoms with Crippen LogP contribution in [0.15, 0.2) is 12.1 Å². The molecule has 92 valence electrons. The van der Waals surface area contributed by atoms with Crippen LogP contribution >= 0.6 is 0 Å². The highest BCUT2D eigenvalue weighted by atomic mass is 16.5. The minimum atomic E-state index is -0.426. The molecule has 0 atom stereocenters. The Morgan fingerprint density at radius 3 is 2.53 bits per heavy atom. The van der Waals surface area contributed by atoms with Crippen LogP contribution in [-0.2, 0) is 6.42 Å². The van der Waals surface area contributed by atoms with E-state index in [9.17, 15) is 5.21 Å². The number of fused-ring (bicyclic) bond motifs is 1. The zero-order chi connectivity index (χ0) is 12.6. The lowest BCUT2D eigenvalue weighted by Crippen LogP contribution is -2.39. The van der Waals surface area contributed by atoms with Crippen molar-refractivity contribution in [2.24, 2.45) is 0 Å². The minimum Gasteiger partial charge on any atom is -0.623 e. The molecule has 0 fully saturated rings. The molecule has 4 nitrogen and oxygen atoms in total. The SMILES string of the molecule is COc1cc2c(c(OC)c1)C=[N+]([O-])C(C)(C)C2. The van der Waals surface area contributed by atoms with Gasteiger partial charge in [0.05, 0.1) is 19.8 Å². The van der Waals surface area contributed by atoms with Crippen LogP contribution in [0, 0.1) is 5.21 Å². The van der Waals surface area contributed by atoms with Crippen molar-refractivity contribution < 1.29 is 14.2 Å². The van der Waals surface area contributed by atoms with E-state index in [4.69, 9.17) is 9.47 Å². The van der Waals surface area contributed by atoms with Crippen LogP contribution in [0.3, 0.4) is 0 Å². The lowest BCUT2D eigenvalue weighted by molar-refractivity contribution is -0.537. The number of hydrogen-bond acceptors (Lipinski definition) is 3. The van der Waals surface area contributed by atoms with Crippen molar-refractivity contribution >= 4 is 6.21 Å². The molecule has 0 amide bonds. The Balaban J connectivity index is 2.60. The molecule has 0 saturated carbocycles. The summed E-state index contributed by atoms with van der Waals surface area (Å²) in [5.41, 5.74) is 1.51. The van der Waals surface area contributed by atoms with Crippen LogP contribution in [-0.4, -0.2) is 30.7 Å². The van der Waals surface area contributed by atoms with E-state index in [1.165, 1.54) is 0 Å². The summed E-state index contributed by atoms with van der Waals surface area (Å²) in [7, 11) is 3.22. The van der Waals surface area contributed by atoms with Crippen molar-refractivity contribution in [2.75, 3.05) is 14.2 Å². The number of methoxy groups -OCH3 is 2. The predicted molar refractivity (Wildman–Crippen MR) is 66.1 cm³/mol. The summed E-state index contributed by atoms with van der Waals surface area (Å²) in [4.78, 5) is 0. The minimum absolute atomic E-state index is 0.426. The molecule has 17 heavy (non-hydrogen) atoms. The van der Waals surface area contributed by atoms with Crippen molar-refractivity contribution in [3.05, 3.63) is 28.5 Å². The van der Waals surface area contributed by atoms with Crippen molar-refractivity contribution in [3.8, 4) is 11.5 Å². The number of ether oxygens (including phenoxy) is 2. The van der Waals surface area contributed by atoms with Gasteiger partial charge < -0.3 is 14.7 Å². The second-order valence-corrected chi connectivity index (χ2v) is 4.85. The normalized spacial score (nSPS) is 17.1. The zero-order valence-electron chi connectivity index (χ0n) is 10.6. The van der Waals surface area contributed by atoms with E-state index in [0.29, 0.717) is 12.2 Å². The zero-order valence-corrected chi connectivity index (χ0v) is 10.6. The average molecular weight is 235 g/mol. The van der Waals surface area contributed by atoms with Gasteiger partial charge >= 0.3 is 0 Å². The highest BCUT2D eigenvalue weighted by Gasteiger charge is 2.33. The van der Waals surface area contributed by atoms with Gasteiger partial charge in [0.25, 0.3) is 0 Å². The van der Waals surface area contributed by atoms with Crippen LogP contribution in [0.25, 0.3) is 0 Å². The molecule has 1 aliphatic heterocycles. The van der Waals surface area contributed by atoms with Crippen molar-refractivity contribution in [1.29, 1.82) is 0 Å². The van der Waals surface area contributed by atoms with Gasteiger partial charge in [-0.05, 0) is 11.6 Å². The number of hydrogen-bond donors (Lipinski definition) is 0. The molecule has 1 aromatic rings. The molecule has 1 aromatic carbocycles. The molecular weight excluding hydrogens is 218 g/mol. The average Bonchev–Trinajstić information content (AvgIpc) is 2.29. The first kappa shape index (κ1) is 11.8. The van der Waals surface area contributed by atoms with Gasteiger partial charge in [0.1, 0.15) is 11.5 Å². The van der Waals surface area contributed by atoms with Gasteiger partial charge in [-0.1, -0.05) is 0 Å². The van der Waals surface area contributed by atoms with Gasteiger partial charge in [0.2, 0.25) is 0 Å². The first-order valence-corrected chi connectivity index (χ1v) is 5.54. The molecule has 0 spiro atoms. The summed E-state index contributed by atoms with van der Waals surface area (Å²) in [6.07, 6.45) is 2.27. The monoisotopic (exact) mass is 235 g/mol. The van der Waals surface area contributed by atoms with Crippen LogP contribution < -0.4 is 9.47 Å². The van der Waals surface area contributed by atoms with E-state index >= 15 is 0 Å². The predicted octanol–water partition coefficient (Wildman–Crippen LogP) is 1.97. The molecule has 0 saturated heterocycles. The van der Waals surface area contributed by atoms with Gasteiger partial charge in [-0.15, -0.1) is 0 Å². The highest BCUT2D eigenvalue weighted by molar-refractivity contribution is 5.84. The fourth-order valence-corrected chi connectivity index (χ4v) is 2.07. The topological polar surface area (TPSA) is 44.5 Å². The summed E-state index contributed by atoms with van der Waals surface area (Å²) in [6, 6.07) is 3.75. The highest BCUT2D eigenvalue weighted by Crippen LogP contribution is 2.33. The number of rotatable bonds is 2. The molecule has 1 aliphatic rings. The molecule has 4 heteroatoms. The van der Waals surface area contributed by atoms with E-state index in [0.717, 1.165) is 21.6 Å². The van der Waals surface area contributed by atoms with Crippen molar-refractivity contribution in [1.82, 2.24) is 0 Å². The van der Waals surface area contributed by atoms with Crippen LogP contribution in [0.4, 0.5) is 0 Å². The largest absolute Gasteiger partial charge is 0.623 e. The Morgan fingerprint density at radius 1 is 1.24 bits per heavy atom. The Bertz CT molecular complexity index is 478. The van der Waals surface area contributed by atoms with Crippen LogP contribution in [0.1, 0.15) is 25.0 Å². The van der Waals surface area contributed by atoms with Crippen molar-refractivity contribution in [2.45, 2.75) is 25.8 Å². The standard InChI is InChI=1S/C13H17NO3/c1-13(2)7-9-5-10(16-3)6-12(17-4)11(9)8-14(13)15/h5-6,8H,7H2,1-4H3. The fraction of sp³-hybridized carbons (Fsp3) is 0.462. The Kier molecular flexibility index (Phi) is 2.73. The molecule has 0 unspecified atom stereocenters. The molecule has 0 aliphatic carbocycles. The number of hydroxylamine groups is 1. The summed E-state index contributed by atoms with van der Waals surface area (Å²) < 4.78 is 11.5. The van der Waals surface area contributed by atoms with Crippen LogP contribution in [0.2, 0.25) is 0 Å². The summed E-state index contributed by atoms with van der Waals surface area (Å²) in [5, 5.41) is 11.9. The first-order valence-electron chi connectivity index (χ1n) is 5.54. The van der Waals surface area contributed by atoms with Gasteiger partial charge in [-0.25, -0.2) is 4.74 Å².